The molecule has 5 heteroatoms. The van der Waals surface area contributed by atoms with E-state index in [4.69, 9.17) is 0 Å². The molecule has 0 N–H and O–H groups in total. The molecule has 4 nitrogen and oxygen atoms in total. The summed E-state index contributed by atoms with van der Waals surface area (Å²) in [6.07, 6.45) is 0.433. The lowest BCUT2D eigenvalue weighted by molar-refractivity contribution is -0.130. The minimum atomic E-state index is 0.0664. The highest BCUT2D eigenvalue weighted by molar-refractivity contribution is 7.12. The summed E-state index contributed by atoms with van der Waals surface area (Å²) in [6, 6.07) is 1.96. The number of aryl methyl sites for hydroxylation is 1. The Labute approximate surface area is 124 Å². The second-order valence-electron chi connectivity index (χ2n) is 5.71. The van der Waals surface area contributed by atoms with E-state index in [9.17, 15) is 9.59 Å². The molecule has 0 aliphatic carbocycles. The first-order chi connectivity index (χ1) is 9.49. The summed E-state index contributed by atoms with van der Waals surface area (Å²) in [5.74, 6) is 0.689. The van der Waals surface area contributed by atoms with E-state index >= 15 is 0 Å². The fourth-order valence-corrected chi connectivity index (χ4v) is 3.33. The van der Waals surface area contributed by atoms with Gasteiger partial charge in [0.2, 0.25) is 5.91 Å². The lowest BCUT2D eigenvalue weighted by atomic mass is 10.2. The predicted octanol–water partition coefficient (Wildman–Crippen LogP) is 2.39. The maximum absolute atomic E-state index is 12.5. The fourth-order valence-electron chi connectivity index (χ4n) is 2.44. The van der Waals surface area contributed by atoms with Crippen LogP contribution in [0.2, 0.25) is 0 Å². The van der Waals surface area contributed by atoms with Crippen molar-refractivity contribution in [3.8, 4) is 0 Å². The summed E-state index contributed by atoms with van der Waals surface area (Å²) in [6.45, 7) is 8.76. The molecule has 2 heterocycles. The first-order valence-electron chi connectivity index (χ1n) is 7.10. The van der Waals surface area contributed by atoms with Crippen LogP contribution in [0.3, 0.4) is 0 Å². The Morgan fingerprint density at radius 2 is 2.10 bits per heavy atom. The number of carbonyl (C=O) groups excluding carboxylic acids is 2. The van der Waals surface area contributed by atoms with E-state index in [1.165, 1.54) is 11.3 Å². The van der Waals surface area contributed by atoms with E-state index in [1.54, 1.807) is 0 Å². The molecule has 1 aliphatic heterocycles. The van der Waals surface area contributed by atoms with Crippen LogP contribution in [0.25, 0.3) is 0 Å². The summed E-state index contributed by atoms with van der Waals surface area (Å²) in [7, 11) is 0. The van der Waals surface area contributed by atoms with Crippen LogP contribution < -0.4 is 0 Å². The first kappa shape index (κ1) is 15.0. The lowest BCUT2D eigenvalue weighted by Gasteiger charge is -2.23. The van der Waals surface area contributed by atoms with Crippen molar-refractivity contribution in [2.45, 2.75) is 27.2 Å². The van der Waals surface area contributed by atoms with Gasteiger partial charge in [-0.1, -0.05) is 13.8 Å². The minimum Gasteiger partial charge on any atom is -0.341 e. The van der Waals surface area contributed by atoms with Crippen molar-refractivity contribution < 1.29 is 9.59 Å². The van der Waals surface area contributed by atoms with Crippen molar-refractivity contribution in [3.05, 3.63) is 21.9 Å². The smallest absolute Gasteiger partial charge is 0.264 e. The van der Waals surface area contributed by atoms with Gasteiger partial charge >= 0.3 is 0 Å². The zero-order valence-corrected chi connectivity index (χ0v) is 13.2. The molecule has 2 rings (SSSR count). The van der Waals surface area contributed by atoms with Gasteiger partial charge < -0.3 is 9.80 Å². The second-order valence-corrected chi connectivity index (χ2v) is 6.62. The summed E-state index contributed by atoms with van der Waals surface area (Å²) in [4.78, 5) is 29.0. The predicted molar refractivity (Wildman–Crippen MR) is 81.0 cm³/mol. The molecule has 1 aliphatic rings. The number of nitrogens with zero attached hydrogens (tertiary/aromatic N) is 2. The third-order valence-electron chi connectivity index (χ3n) is 3.52. The molecular formula is C15H22N2O2S. The van der Waals surface area contributed by atoms with Crippen molar-refractivity contribution in [2.24, 2.45) is 5.92 Å². The molecule has 0 spiro atoms. The third-order valence-corrected chi connectivity index (χ3v) is 4.52. The SMILES string of the molecule is Cc1ccsc1C(=O)N1CCC(=O)N(CC(C)C)CC1. The van der Waals surface area contributed by atoms with Crippen LogP contribution in [0, 0.1) is 12.8 Å². The van der Waals surface area contributed by atoms with Gasteiger partial charge in [-0.05, 0) is 29.9 Å². The largest absolute Gasteiger partial charge is 0.341 e. The molecule has 0 bridgehead atoms. The van der Waals surface area contributed by atoms with Gasteiger partial charge in [-0.25, -0.2) is 0 Å². The molecule has 1 fully saturated rings. The van der Waals surface area contributed by atoms with Crippen molar-refractivity contribution >= 4 is 23.2 Å². The monoisotopic (exact) mass is 294 g/mol. The van der Waals surface area contributed by atoms with E-state index < -0.39 is 0 Å². The van der Waals surface area contributed by atoms with Crippen LogP contribution in [0.4, 0.5) is 0 Å². The van der Waals surface area contributed by atoms with Crippen LogP contribution in [-0.4, -0.2) is 47.8 Å². The quantitative estimate of drug-likeness (QED) is 0.859. The molecule has 1 aromatic rings. The van der Waals surface area contributed by atoms with Crippen LogP contribution in [-0.2, 0) is 4.79 Å². The number of rotatable bonds is 3. The maximum Gasteiger partial charge on any atom is 0.264 e. The zero-order valence-electron chi connectivity index (χ0n) is 12.4. The third kappa shape index (κ3) is 3.39. The van der Waals surface area contributed by atoms with E-state index in [0.29, 0.717) is 32.0 Å². The molecule has 0 saturated carbocycles. The number of amides is 2. The molecule has 2 amide bonds. The summed E-state index contributed by atoms with van der Waals surface area (Å²) in [5, 5.41) is 1.94. The highest BCUT2D eigenvalue weighted by atomic mass is 32.1. The molecule has 1 saturated heterocycles. The number of carbonyl (C=O) groups is 2. The summed E-state index contributed by atoms with van der Waals surface area (Å²) < 4.78 is 0. The maximum atomic E-state index is 12.5. The van der Waals surface area contributed by atoms with E-state index in [0.717, 1.165) is 17.0 Å². The van der Waals surface area contributed by atoms with Gasteiger partial charge in [-0.2, -0.15) is 0 Å². The standard InChI is InChI=1S/C15H22N2O2S/c1-11(2)10-17-8-7-16(6-4-13(17)18)15(19)14-12(3)5-9-20-14/h5,9,11H,4,6-8,10H2,1-3H3. The Hall–Kier alpha value is -1.36. The summed E-state index contributed by atoms with van der Waals surface area (Å²) in [5.41, 5.74) is 1.02. The van der Waals surface area contributed by atoms with E-state index in [1.807, 2.05) is 28.2 Å². The van der Waals surface area contributed by atoms with Gasteiger partial charge in [0.25, 0.3) is 5.91 Å². The summed E-state index contributed by atoms with van der Waals surface area (Å²) >= 11 is 1.48. The van der Waals surface area contributed by atoms with Crippen LogP contribution in [0.15, 0.2) is 11.4 Å². The van der Waals surface area contributed by atoms with Gasteiger partial charge in [0.15, 0.2) is 0 Å². The van der Waals surface area contributed by atoms with Gasteiger partial charge in [0.1, 0.15) is 0 Å². The minimum absolute atomic E-state index is 0.0664. The fraction of sp³-hybridized carbons (Fsp3) is 0.600. The van der Waals surface area contributed by atoms with Gasteiger partial charge in [-0.3, -0.25) is 9.59 Å². The lowest BCUT2D eigenvalue weighted by Crippen LogP contribution is -2.37. The Kier molecular flexibility index (Phi) is 4.81. The molecular weight excluding hydrogens is 272 g/mol. The average Bonchev–Trinajstić information content (AvgIpc) is 2.73. The number of hydrogen-bond acceptors (Lipinski definition) is 3. The molecule has 1 aromatic heterocycles. The highest BCUT2D eigenvalue weighted by Gasteiger charge is 2.25. The van der Waals surface area contributed by atoms with Crippen LogP contribution in [0.1, 0.15) is 35.5 Å². The normalized spacial score (nSPS) is 16.7. The number of hydrogen-bond donors (Lipinski definition) is 0. The van der Waals surface area contributed by atoms with Crippen molar-refractivity contribution in [1.29, 1.82) is 0 Å². The van der Waals surface area contributed by atoms with E-state index in [2.05, 4.69) is 13.8 Å². The van der Waals surface area contributed by atoms with Gasteiger partial charge in [-0.15, -0.1) is 11.3 Å². The molecule has 0 atom stereocenters. The molecule has 0 radical (unpaired) electrons. The Bertz CT molecular complexity index is 496. The van der Waals surface area contributed by atoms with Crippen molar-refractivity contribution in [2.75, 3.05) is 26.2 Å². The Balaban J connectivity index is 2.04. The molecule has 0 unspecified atom stereocenters. The topological polar surface area (TPSA) is 40.6 Å². The Morgan fingerprint density at radius 1 is 1.35 bits per heavy atom. The Morgan fingerprint density at radius 3 is 2.70 bits per heavy atom. The zero-order chi connectivity index (χ0) is 14.7. The second kappa shape index (κ2) is 6.39. The average molecular weight is 294 g/mol. The first-order valence-corrected chi connectivity index (χ1v) is 7.98. The van der Waals surface area contributed by atoms with E-state index in [-0.39, 0.29) is 11.8 Å². The van der Waals surface area contributed by atoms with Crippen LogP contribution in [0.5, 0.6) is 0 Å². The van der Waals surface area contributed by atoms with Gasteiger partial charge in [0, 0.05) is 32.6 Å². The molecule has 110 valence electrons. The van der Waals surface area contributed by atoms with Gasteiger partial charge in [0.05, 0.1) is 4.88 Å². The molecule has 20 heavy (non-hydrogen) atoms. The molecule has 0 aromatic carbocycles. The number of thiophene rings is 1. The van der Waals surface area contributed by atoms with Crippen molar-refractivity contribution in [1.82, 2.24) is 9.80 Å². The highest BCUT2D eigenvalue weighted by Crippen LogP contribution is 2.19. The van der Waals surface area contributed by atoms with Crippen LogP contribution >= 0.6 is 11.3 Å². The van der Waals surface area contributed by atoms with Crippen molar-refractivity contribution in [3.63, 3.8) is 0 Å².